The zero-order valence-electron chi connectivity index (χ0n) is 13.5. The predicted molar refractivity (Wildman–Crippen MR) is 96.3 cm³/mol. The second-order valence-electron chi connectivity index (χ2n) is 6.24. The molecule has 1 atom stereocenters. The lowest BCUT2D eigenvalue weighted by Gasteiger charge is -2.31. The Hall–Kier alpha value is -1.81. The van der Waals surface area contributed by atoms with Gasteiger partial charge in [-0.15, -0.1) is 0 Å². The van der Waals surface area contributed by atoms with E-state index in [-0.39, 0.29) is 0 Å². The molecular formula is C18H23ClN4. The van der Waals surface area contributed by atoms with Crippen molar-refractivity contribution in [2.75, 3.05) is 29.9 Å². The molecule has 2 aromatic rings. The van der Waals surface area contributed by atoms with Crippen molar-refractivity contribution in [1.29, 1.82) is 0 Å². The van der Waals surface area contributed by atoms with Crippen LogP contribution in [0.1, 0.15) is 25.3 Å². The highest BCUT2D eigenvalue weighted by Crippen LogP contribution is 2.21. The first-order valence-electron chi connectivity index (χ1n) is 8.27. The molecule has 1 aliphatic rings. The molecule has 1 aromatic carbocycles. The molecule has 1 aliphatic heterocycles. The van der Waals surface area contributed by atoms with Crippen molar-refractivity contribution in [2.45, 2.75) is 26.2 Å². The number of aromatic nitrogens is 2. The number of anilines is 2. The van der Waals surface area contributed by atoms with Crippen LogP contribution < -0.4 is 10.2 Å². The number of nitrogens with zero attached hydrogens (tertiary/aromatic N) is 3. The van der Waals surface area contributed by atoms with Crippen molar-refractivity contribution in [3.8, 4) is 0 Å². The second-order valence-corrected chi connectivity index (χ2v) is 6.67. The Labute approximate surface area is 142 Å². The highest BCUT2D eigenvalue weighted by Gasteiger charge is 2.17. The van der Waals surface area contributed by atoms with Gasteiger partial charge in [-0.2, -0.15) is 4.98 Å². The number of rotatable bonds is 5. The summed E-state index contributed by atoms with van der Waals surface area (Å²) >= 11 is 6.01. The molecule has 0 spiro atoms. The fourth-order valence-corrected chi connectivity index (χ4v) is 3.23. The summed E-state index contributed by atoms with van der Waals surface area (Å²) in [6.07, 6.45) is 5.28. The first kappa shape index (κ1) is 16.1. The number of nitrogens with one attached hydrogen (secondary N) is 1. The molecule has 0 bridgehead atoms. The minimum Gasteiger partial charge on any atom is -0.356 e. The lowest BCUT2D eigenvalue weighted by Crippen LogP contribution is -2.34. The Kier molecular flexibility index (Phi) is 5.34. The Morgan fingerprint density at radius 2 is 2.26 bits per heavy atom. The maximum Gasteiger partial charge on any atom is 0.224 e. The van der Waals surface area contributed by atoms with Crippen LogP contribution in [0.4, 0.5) is 11.8 Å². The molecular weight excluding hydrogens is 308 g/mol. The topological polar surface area (TPSA) is 41.1 Å². The van der Waals surface area contributed by atoms with Crippen molar-refractivity contribution >= 4 is 23.4 Å². The van der Waals surface area contributed by atoms with Gasteiger partial charge in [0.1, 0.15) is 5.82 Å². The van der Waals surface area contributed by atoms with E-state index in [9.17, 15) is 0 Å². The largest absolute Gasteiger partial charge is 0.356 e. The first-order chi connectivity index (χ1) is 11.2. The van der Waals surface area contributed by atoms with Crippen LogP contribution in [0.15, 0.2) is 36.5 Å². The third-order valence-corrected chi connectivity index (χ3v) is 4.44. The highest BCUT2D eigenvalue weighted by atomic mass is 35.5. The fraction of sp³-hybridized carbons (Fsp3) is 0.444. The maximum absolute atomic E-state index is 6.01. The number of hydrogen-bond donors (Lipinski definition) is 1. The summed E-state index contributed by atoms with van der Waals surface area (Å²) in [4.78, 5) is 11.3. The van der Waals surface area contributed by atoms with E-state index < -0.39 is 0 Å². The second kappa shape index (κ2) is 7.64. The monoisotopic (exact) mass is 330 g/mol. The Morgan fingerprint density at radius 1 is 1.35 bits per heavy atom. The van der Waals surface area contributed by atoms with Crippen molar-refractivity contribution in [3.05, 3.63) is 47.1 Å². The molecule has 1 N–H and O–H groups in total. The first-order valence-corrected chi connectivity index (χ1v) is 8.65. The van der Waals surface area contributed by atoms with Gasteiger partial charge in [0.25, 0.3) is 0 Å². The third kappa shape index (κ3) is 4.58. The summed E-state index contributed by atoms with van der Waals surface area (Å²) in [5, 5.41) is 4.09. The Balaban J connectivity index is 1.57. The van der Waals surface area contributed by atoms with Gasteiger partial charge in [-0.05, 0) is 48.9 Å². The van der Waals surface area contributed by atoms with E-state index in [1.165, 1.54) is 18.4 Å². The molecule has 0 aliphatic carbocycles. The predicted octanol–water partition coefficient (Wildman–Crippen LogP) is 4.02. The van der Waals surface area contributed by atoms with Gasteiger partial charge in [-0.1, -0.05) is 30.7 Å². The number of piperidine rings is 1. The Morgan fingerprint density at radius 3 is 3.09 bits per heavy atom. The summed E-state index contributed by atoms with van der Waals surface area (Å²) in [5.74, 6) is 2.46. The van der Waals surface area contributed by atoms with Gasteiger partial charge in [0, 0.05) is 30.9 Å². The van der Waals surface area contributed by atoms with Crippen LogP contribution in [0.3, 0.4) is 0 Å². The van der Waals surface area contributed by atoms with Crippen molar-refractivity contribution in [3.63, 3.8) is 0 Å². The van der Waals surface area contributed by atoms with Gasteiger partial charge >= 0.3 is 0 Å². The van der Waals surface area contributed by atoms with E-state index in [1.807, 2.05) is 30.5 Å². The summed E-state index contributed by atoms with van der Waals surface area (Å²) in [5.41, 5.74) is 1.21. The normalized spacial score (nSPS) is 18.0. The lowest BCUT2D eigenvalue weighted by molar-refractivity contribution is 0.444. The molecule has 5 heteroatoms. The van der Waals surface area contributed by atoms with Crippen molar-refractivity contribution in [2.24, 2.45) is 5.92 Å². The summed E-state index contributed by atoms with van der Waals surface area (Å²) < 4.78 is 0. The van der Waals surface area contributed by atoms with E-state index >= 15 is 0 Å². The molecule has 4 nitrogen and oxygen atoms in total. The molecule has 1 fully saturated rings. The van der Waals surface area contributed by atoms with Crippen LogP contribution in [0, 0.1) is 5.92 Å². The average molecular weight is 331 g/mol. The zero-order valence-corrected chi connectivity index (χ0v) is 14.3. The standard InChI is InChI=1S/C18H23ClN4/c1-14-4-3-11-23(13-14)17-8-10-21-18(22-17)20-9-7-15-5-2-6-16(19)12-15/h2,5-6,8,10,12,14H,3-4,7,9,11,13H2,1H3,(H,20,21,22). The zero-order chi connectivity index (χ0) is 16.1. The van der Waals surface area contributed by atoms with Crippen LogP contribution in [-0.4, -0.2) is 29.6 Å². The van der Waals surface area contributed by atoms with Gasteiger partial charge in [0.2, 0.25) is 5.95 Å². The van der Waals surface area contributed by atoms with E-state index in [0.29, 0.717) is 5.95 Å². The number of hydrogen-bond acceptors (Lipinski definition) is 4. The minimum absolute atomic E-state index is 0.697. The van der Waals surface area contributed by atoms with Crippen molar-refractivity contribution in [1.82, 2.24) is 9.97 Å². The molecule has 2 heterocycles. The van der Waals surface area contributed by atoms with Gasteiger partial charge < -0.3 is 10.2 Å². The lowest BCUT2D eigenvalue weighted by atomic mass is 10.0. The SMILES string of the molecule is CC1CCCN(c2ccnc(NCCc3cccc(Cl)c3)n2)C1. The minimum atomic E-state index is 0.697. The molecule has 3 rings (SSSR count). The molecule has 0 saturated carbocycles. The molecule has 23 heavy (non-hydrogen) atoms. The molecule has 1 unspecified atom stereocenters. The van der Waals surface area contributed by atoms with Gasteiger partial charge in [-0.3, -0.25) is 0 Å². The van der Waals surface area contributed by atoms with E-state index in [4.69, 9.17) is 11.6 Å². The quantitative estimate of drug-likeness (QED) is 0.899. The molecule has 1 saturated heterocycles. The fourth-order valence-electron chi connectivity index (χ4n) is 3.02. The van der Waals surface area contributed by atoms with Gasteiger partial charge in [0.15, 0.2) is 0 Å². The summed E-state index contributed by atoms with van der Waals surface area (Å²) in [6.45, 7) is 5.26. The van der Waals surface area contributed by atoms with E-state index in [0.717, 1.165) is 42.8 Å². The number of halogens is 1. The smallest absolute Gasteiger partial charge is 0.224 e. The van der Waals surface area contributed by atoms with Crippen LogP contribution in [0.5, 0.6) is 0 Å². The maximum atomic E-state index is 6.01. The molecule has 0 amide bonds. The molecule has 122 valence electrons. The van der Waals surface area contributed by atoms with Crippen LogP contribution >= 0.6 is 11.6 Å². The van der Waals surface area contributed by atoms with Crippen LogP contribution in [0.2, 0.25) is 5.02 Å². The Bertz CT molecular complexity index is 646. The highest BCUT2D eigenvalue weighted by molar-refractivity contribution is 6.30. The number of benzene rings is 1. The van der Waals surface area contributed by atoms with Gasteiger partial charge in [-0.25, -0.2) is 4.98 Å². The van der Waals surface area contributed by atoms with E-state index in [2.05, 4.69) is 33.2 Å². The molecule has 1 aromatic heterocycles. The van der Waals surface area contributed by atoms with Gasteiger partial charge in [0.05, 0.1) is 0 Å². The summed E-state index contributed by atoms with van der Waals surface area (Å²) in [6, 6.07) is 9.95. The molecule has 0 radical (unpaired) electrons. The third-order valence-electron chi connectivity index (χ3n) is 4.21. The van der Waals surface area contributed by atoms with Crippen LogP contribution in [0.25, 0.3) is 0 Å². The van der Waals surface area contributed by atoms with Crippen molar-refractivity contribution < 1.29 is 0 Å². The van der Waals surface area contributed by atoms with Crippen LogP contribution in [-0.2, 0) is 6.42 Å². The van der Waals surface area contributed by atoms with E-state index in [1.54, 1.807) is 0 Å². The summed E-state index contributed by atoms with van der Waals surface area (Å²) in [7, 11) is 0. The average Bonchev–Trinajstić information content (AvgIpc) is 2.55.